The summed E-state index contributed by atoms with van der Waals surface area (Å²) < 4.78 is 26.3. The van der Waals surface area contributed by atoms with E-state index < -0.39 is 28.4 Å². The van der Waals surface area contributed by atoms with Crippen LogP contribution < -0.4 is 10.0 Å². The Bertz CT molecular complexity index is 646. The summed E-state index contributed by atoms with van der Waals surface area (Å²) in [5.41, 5.74) is 0.350. The molecule has 9 heteroatoms. The summed E-state index contributed by atoms with van der Waals surface area (Å²) in [5, 5.41) is 13.1. The number of thiophene rings is 1. The van der Waals surface area contributed by atoms with E-state index >= 15 is 0 Å². The van der Waals surface area contributed by atoms with Crippen LogP contribution in [0.25, 0.3) is 0 Å². The number of carbonyl (C=O) groups excluding carboxylic acids is 1. The Balaban J connectivity index is 2.11. The number of hydrogen-bond acceptors (Lipinski definition) is 5. The van der Waals surface area contributed by atoms with Gasteiger partial charge in [-0.05, 0) is 30.7 Å². The predicted octanol–water partition coefficient (Wildman–Crippen LogP) is 0.312. The topological polar surface area (TPSA) is 113 Å². The van der Waals surface area contributed by atoms with Crippen LogP contribution in [0.15, 0.2) is 10.3 Å². The van der Waals surface area contributed by atoms with E-state index in [2.05, 4.69) is 10.0 Å². The monoisotopic (exact) mass is 318 g/mol. The molecule has 7 nitrogen and oxygen atoms in total. The molecule has 0 aliphatic heterocycles. The zero-order chi connectivity index (χ0) is 14.9. The molecule has 3 N–H and O–H groups in total. The number of carboxylic acids is 1. The van der Waals surface area contributed by atoms with Crippen LogP contribution in [-0.2, 0) is 14.8 Å². The zero-order valence-corrected chi connectivity index (χ0v) is 12.3. The number of hydrogen-bond donors (Lipinski definition) is 3. The summed E-state index contributed by atoms with van der Waals surface area (Å²) in [5.74, 6) is -1.72. The van der Waals surface area contributed by atoms with E-state index in [1.165, 1.54) is 12.3 Å². The highest BCUT2D eigenvalue weighted by molar-refractivity contribution is 7.89. The third kappa shape index (κ3) is 3.35. The largest absolute Gasteiger partial charge is 0.477 e. The van der Waals surface area contributed by atoms with Crippen LogP contribution in [0.5, 0.6) is 0 Å². The quantitative estimate of drug-likeness (QED) is 0.699. The summed E-state index contributed by atoms with van der Waals surface area (Å²) in [6.07, 6.45) is 1.82. The normalized spacial score (nSPS) is 15.1. The number of carboxylic acid groups (broad SMARTS) is 1. The van der Waals surface area contributed by atoms with E-state index in [1.54, 1.807) is 0 Å². The van der Waals surface area contributed by atoms with Crippen molar-refractivity contribution >= 4 is 33.2 Å². The maximum Gasteiger partial charge on any atom is 0.347 e. The number of sulfonamides is 1. The summed E-state index contributed by atoms with van der Waals surface area (Å²) in [6, 6.07) is 0.143. The van der Waals surface area contributed by atoms with Gasteiger partial charge in [-0.1, -0.05) is 0 Å². The molecule has 0 aromatic carbocycles. The van der Waals surface area contributed by atoms with Crippen molar-refractivity contribution in [3.05, 3.63) is 15.8 Å². The fourth-order valence-electron chi connectivity index (χ4n) is 1.65. The Morgan fingerprint density at radius 2 is 2.10 bits per heavy atom. The van der Waals surface area contributed by atoms with Gasteiger partial charge in [0.1, 0.15) is 9.77 Å². The molecule has 1 aliphatic rings. The van der Waals surface area contributed by atoms with Crippen molar-refractivity contribution in [1.29, 1.82) is 0 Å². The van der Waals surface area contributed by atoms with Gasteiger partial charge in [-0.2, -0.15) is 0 Å². The summed E-state index contributed by atoms with van der Waals surface area (Å²) in [6.45, 7) is 1.12. The second kappa shape index (κ2) is 5.51. The Morgan fingerprint density at radius 3 is 2.65 bits per heavy atom. The average molecular weight is 318 g/mol. The van der Waals surface area contributed by atoms with Crippen LogP contribution >= 0.6 is 11.3 Å². The van der Waals surface area contributed by atoms with Gasteiger partial charge in [0.2, 0.25) is 15.9 Å². The fraction of sp³-hybridized carbons (Fsp3) is 0.455. The molecule has 1 amide bonds. The smallest absolute Gasteiger partial charge is 0.347 e. The second-order valence-electron chi connectivity index (χ2n) is 4.55. The van der Waals surface area contributed by atoms with Crippen molar-refractivity contribution in [2.24, 2.45) is 0 Å². The van der Waals surface area contributed by atoms with Gasteiger partial charge in [0.05, 0.1) is 6.54 Å². The Morgan fingerprint density at radius 1 is 1.45 bits per heavy atom. The van der Waals surface area contributed by atoms with Crippen LogP contribution in [0.4, 0.5) is 0 Å². The predicted molar refractivity (Wildman–Crippen MR) is 72.4 cm³/mol. The number of aromatic carboxylic acids is 1. The van der Waals surface area contributed by atoms with E-state index in [0.717, 1.165) is 24.2 Å². The van der Waals surface area contributed by atoms with Crippen molar-refractivity contribution in [1.82, 2.24) is 10.0 Å². The van der Waals surface area contributed by atoms with Crippen molar-refractivity contribution in [3.8, 4) is 0 Å². The Labute approximate surface area is 120 Å². The van der Waals surface area contributed by atoms with Gasteiger partial charge in [0.25, 0.3) is 0 Å². The zero-order valence-electron chi connectivity index (χ0n) is 10.7. The van der Waals surface area contributed by atoms with Gasteiger partial charge in [-0.3, -0.25) is 4.79 Å². The van der Waals surface area contributed by atoms with Gasteiger partial charge in [-0.25, -0.2) is 17.9 Å². The van der Waals surface area contributed by atoms with Crippen LogP contribution in [0.2, 0.25) is 0 Å². The lowest BCUT2D eigenvalue weighted by atomic mass is 10.3. The number of amides is 1. The standard InChI is InChI=1S/C11H14N2O5S2/c1-6-5-19-9(11(15)16)10(6)20(17,18)12-4-8(14)13-7-2-3-7/h5,7,12H,2-4H2,1H3,(H,13,14)(H,15,16). The highest BCUT2D eigenvalue weighted by Crippen LogP contribution is 2.26. The molecule has 1 fully saturated rings. The first-order valence-corrected chi connectivity index (χ1v) is 8.28. The lowest BCUT2D eigenvalue weighted by molar-refractivity contribution is -0.120. The lowest BCUT2D eigenvalue weighted by Gasteiger charge is -2.08. The molecule has 0 radical (unpaired) electrons. The maximum absolute atomic E-state index is 12.1. The summed E-state index contributed by atoms with van der Waals surface area (Å²) in [4.78, 5) is 22.0. The van der Waals surface area contributed by atoms with E-state index in [9.17, 15) is 18.0 Å². The van der Waals surface area contributed by atoms with Crippen LogP contribution in [0, 0.1) is 6.92 Å². The molecule has 0 unspecified atom stereocenters. The van der Waals surface area contributed by atoms with Crippen LogP contribution in [-0.4, -0.2) is 38.0 Å². The molecular weight excluding hydrogens is 304 g/mol. The SMILES string of the molecule is Cc1csc(C(=O)O)c1S(=O)(=O)NCC(=O)NC1CC1. The van der Waals surface area contributed by atoms with Crippen molar-refractivity contribution < 1.29 is 23.1 Å². The van der Waals surface area contributed by atoms with E-state index in [0.29, 0.717) is 5.56 Å². The van der Waals surface area contributed by atoms with Gasteiger partial charge in [-0.15, -0.1) is 11.3 Å². The molecule has 110 valence electrons. The molecule has 0 atom stereocenters. The fourth-order valence-corrected chi connectivity index (χ4v) is 4.26. The van der Waals surface area contributed by atoms with Crippen molar-refractivity contribution in [2.45, 2.75) is 30.7 Å². The average Bonchev–Trinajstić information content (AvgIpc) is 3.06. The minimum absolute atomic E-state index is 0.143. The highest BCUT2D eigenvalue weighted by Gasteiger charge is 2.28. The van der Waals surface area contributed by atoms with Crippen LogP contribution in [0.1, 0.15) is 28.1 Å². The van der Waals surface area contributed by atoms with E-state index in [4.69, 9.17) is 5.11 Å². The molecule has 0 bridgehead atoms. The summed E-state index contributed by atoms with van der Waals surface area (Å²) in [7, 11) is -4.01. The van der Waals surface area contributed by atoms with Crippen molar-refractivity contribution in [3.63, 3.8) is 0 Å². The molecule has 1 saturated carbocycles. The lowest BCUT2D eigenvalue weighted by Crippen LogP contribution is -2.38. The molecule has 0 saturated heterocycles. The first kappa shape index (κ1) is 14.9. The number of nitrogens with one attached hydrogen (secondary N) is 2. The third-order valence-corrected chi connectivity index (χ3v) is 5.55. The Kier molecular flexibility index (Phi) is 4.11. The number of aryl methyl sites for hydroxylation is 1. The van der Waals surface area contributed by atoms with E-state index in [1.807, 2.05) is 0 Å². The molecule has 1 heterocycles. The van der Waals surface area contributed by atoms with Gasteiger partial charge >= 0.3 is 5.97 Å². The molecule has 20 heavy (non-hydrogen) atoms. The molecular formula is C11H14N2O5S2. The van der Waals surface area contributed by atoms with Gasteiger partial charge in [0, 0.05) is 6.04 Å². The Hall–Kier alpha value is -1.45. The minimum Gasteiger partial charge on any atom is -0.477 e. The van der Waals surface area contributed by atoms with Gasteiger partial charge in [0.15, 0.2) is 0 Å². The van der Waals surface area contributed by atoms with Crippen LogP contribution in [0.3, 0.4) is 0 Å². The maximum atomic E-state index is 12.1. The molecule has 1 aliphatic carbocycles. The first-order chi connectivity index (χ1) is 9.31. The van der Waals surface area contributed by atoms with Gasteiger partial charge < -0.3 is 10.4 Å². The molecule has 2 rings (SSSR count). The molecule has 1 aromatic heterocycles. The minimum atomic E-state index is -4.01. The number of rotatable bonds is 6. The molecule has 1 aromatic rings. The van der Waals surface area contributed by atoms with E-state index in [-0.39, 0.29) is 15.8 Å². The second-order valence-corrected chi connectivity index (χ2v) is 7.13. The summed E-state index contributed by atoms with van der Waals surface area (Å²) >= 11 is 0.847. The third-order valence-electron chi connectivity index (χ3n) is 2.75. The first-order valence-electron chi connectivity index (χ1n) is 5.91. The highest BCUT2D eigenvalue weighted by atomic mass is 32.2. The molecule has 0 spiro atoms. The number of carbonyl (C=O) groups is 2. The van der Waals surface area contributed by atoms with Crippen molar-refractivity contribution in [2.75, 3.05) is 6.54 Å².